The van der Waals surface area contributed by atoms with Crippen LogP contribution in [0.4, 0.5) is 4.79 Å². The lowest BCUT2D eigenvalue weighted by Gasteiger charge is -2.30. The Bertz CT molecular complexity index is 399. The van der Waals surface area contributed by atoms with E-state index in [-0.39, 0.29) is 12.1 Å². The minimum absolute atomic E-state index is 0.216. The average molecular weight is 296 g/mol. The Morgan fingerprint density at radius 3 is 2.57 bits per heavy atom. The van der Waals surface area contributed by atoms with Crippen molar-refractivity contribution in [2.75, 3.05) is 6.54 Å². The first-order valence-corrected chi connectivity index (χ1v) is 8.21. The number of hydrogen-bond donors (Lipinski definition) is 3. The Kier molecular flexibility index (Phi) is 5.12. The molecule has 2 rings (SSSR count). The number of amides is 2. The van der Waals surface area contributed by atoms with Crippen molar-refractivity contribution in [3.8, 4) is 0 Å². The third kappa shape index (κ3) is 3.69. The first-order chi connectivity index (χ1) is 9.93. The Hall–Kier alpha value is -1.26. The van der Waals surface area contributed by atoms with Crippen molar-refractivity contribution >= 4 is 12.0 Å². The van der Waals surface area contributed by atoms with Gasteiger partial charge in [0.15, 0.2) is 0 Å². The normalized spacial score (nSPS) is 36.2. The lowest BCUT2D eigenvalue weighted by molar-refractivity contribution is -0.148. The number of urea groups is 1. The van der Waals surface area contributed by atoms with E-state index in [1.165, 1.54) is 25.7 Å². The van der Waals surface area contributed by atoms with Crippen molar-refractivity contribution in [2.45, 2.75) is 64.8 Å². The number of hydrogen-bond acceptors (Lipinski definition) is 2. The number of carbonyl (C=O) groups is 2. The molecule has 0 radical (unpaired) electrons. The van der Waals surface area contributed by atoms with Crippen molar-refractivity contribution in [3.05, 3.63) is 0 Å². The fraction of sp³-hybridized carbons (Fsp3) is 0.875. The molecule has 120 valence electrons. The van der Waals surface area contributed by atoms with E-state index >= 15 is 0 Å². The van der Waals surface area contributed by atoms with E-state index in [2.05, 4.69) is 17.6 Å². The second-order valence-electron chi connectivity index (χ2n) is 7.04. The molecule has 4 atom stereocenters. The molecule has 2 aliphatic rings. The second kappa shape index (κ2) is 6.67. The van der Waals surface area contributed by atoms with Crippen molar-refractivity contribution in [2.24, 2.45) is 17.3 Å². The zero-order valence-electron chi connectivity index (χ0n) is 13.2. The van der Waals surface area contributed by atoms with Crippen LogP contribution in [0.5, 0.6) is 0 Å². The zero-order valence-corrected chi connectivity index (χ0v) is 13.2. The predicted molar refractivity (Wildman–Crippen MR) is 81.0 cm³/mol. The zero-order chi connectivity index (χ0) is 15.5. The summed E-state index contributed by atoms with van der Waals surface area (Å²) in [7, 11) is 0. The SMILES string of the molecule is CC1CCCCC1CNC(=O)NC1CCCC1(C)C(=O)O. The van der Waals surface area contributed by atoms with Gasteiger partial charge in [-0.3, -0.25) is 4.79 Å². The molecule has 3 N–H and O–H groups in total. The highest BCUT2D eigenvalue weighted by atomic mass is 16.4. The van der Waals surface area contributed by atoms with Crippen molar-refractivity contribution in [1.82, 2.24) is 10.6 Å². The van der Waals surface area contributed by atoms with Crippen LogP contribution in [-0.4, -0.2) is 29.7 Å². The third-order valence-corrected chi connectivity index (χ3v) is 5.57. The molecular weight excluding hydrogens is 268 g/mol. The molecular formula is C16H28N2O3. The summed E-state index contributed by atoms with van der Waals surface area (Å²) in [6, 6.07) is -0.481. The van der Waals surface area contributed by atoms with E-state index in [1.54, 1.807) is 6.92 Å². The van der Waals surface area contributed by atoms with Gasteiger partial charge in [-0.15, -0.1) is 0 Å². The fourth-order valence-electron chi connectivity index (χ4n) is 3.78. The molecule has 21 heavy (non-hydrogen) atoms. The summed E-state index contributed by atoms with van der Waals surface area (Å²) in [6.07, 6.45) is 7.20. The minimum atomic E-state index is -0.824. The van der Waals surface area contributed by atoms with Gasteiger partial charge in [0.2, 0.25) is 0 Å². The summed E-state index contributed by atoms with van der Waals surface area (Å²) in [5, 5.41) is 15.2. The van der Waals surface area contributed by atoms with Gasteiger partial charge in [0, 0.05) is 12.6 Å². The Balaban J connectivity index is 1.80. The van der Waals surface area contributed by atoms with Gasteiger partial charge in [0.25, 0.3) is 0 Å². The number of rotatable bonds is 4. The van der Waals surface area contributed by atoms with Crippen molar-refractivity contribution < 1.29 is 14.7 Å². The van der Waals surface area contributed by atoms with Gasteiger partial charge >= 0.3 is 12.0 Å². The number of aliphatic carboxylic acids is 1. The molecule has 0 saturated heterocycles. The smallest absolute Gasteiger partial charge is 0.315 e. The van der Waals surface area contributed by atoms with Crippen molar-refractivity contribution in [1.29, 1.82) is 0 Å². The molecule has 0 heterocycles. The van der Waals surface area contributed by atoms with E-state index in [4.69, 9.17) is 0 Å². The Labute approximate surface area is 126 Å². The quantitative estimate of drug-likeness (QED) is 0.746. The molecule has 2 amide bonds. The van der Waals surface area contributed by atoms with Crippen LogP contribution in [0.25, 0.3) is 0 Å². The summed E-state index contributed by atoms with van der Waals surface area (Å²) in [6.45, 7) is 4.68. The third-order valence-electron chi connectivity index (χ3n) is 5.57. The topological polar surface area (TPSA) is 78.4 Å². The predicted octanol–water partition coefficient (Wildman–Crippen LogP) is 2.76. The maximum absolute atomic E-state index is 12.0. The van der Waals surface area contributed by atoms with Crippen LogP contribution in [0.15, 0.2) is 0 Å². The molecule has 2 saturated carbocycles. The van der Waals surface area contributed by atoms with E-state index in [9.17, 15) is 14.7 Å². The molecule has 0 aromatic heterocycles. The fourth-order valence-corrected chi connectivity index (χ4v) is 3.78. The molecule has 5 nitrogen and oxygen atoms in total. The molecule has 2 fully saturated rings. The lowest BCUT2D eigenvalue weighted by Crippen LogP contribution is -2.51. The summed E-state index contributed by atoms with van der Waals surface area (Å²) < 4.78 is 0. The van der Waals surface area contributed by atoms with Crippen LogP contribution in [0.3, 0.4) is 0 Å². The van der Waals surface area contributed by atoms with Crippen LogP contribution < -0.4 is 10.6 Å². The van der Waals surface area contributed by atoms with Crippen LogP contribution >= 0.6 is 0 Å². The van der Waals surface area contributed by atoms with Crippen LogP contribution in [0.1, 0.15) is 58.8 Å². The molecule has 2 aliphatic carbocycles. The highest BCUT2D eigenvalue weighted by molar-refractivity contribution is 5.79. The summed E-state index contributed by atoms with van der Waals surface area (Å²) in [5.74, 6) is 0.403. The molecule has 0 bridgehead atoms. The minimum Gasteiger partial charge on any atom is -0.481 e. The first-order valence-electron chi connectivity index (χ1n) is 8.21. The van der Waals surface area contributed by atoms with E-state index in [0.717, 1.165) is 12.8 Å². The molecule has 5 heteroatoms. The Morgan fingerprint density at radius 2 is 1.90 bits per heavy atom. The maximum atomic E-state index is 12.0. The molecule has 0 aromatic rings. The Morgan fingerprint density at radius 1 is 1.19 bits per heavy atom. The first kappa shape index (κ1) is 16.1. The number of carboxylic acids is 1. The molecule has 4 unspecified atom stereocenters. The largest absolute Gasteiger partial charge is 0.481 e. The van der Waals surface area contributed by atoms with Gasteiger partial charge in [-0.2, -0.15) is 0 Å². The van der Waals surface area contributed by atoms with Gasteiger partial charge in [-0.05, 0) is 38.0 Å². The molecule has 0 spiro atoms. The standard InChI is InChI=1S/C16H28N2O3/c1-11-6-3-4-7-12(11)10-17-15(21)18-13-8-5-9-16(13,2)14(19)20/h11-13H,3-10H2,1-2H3,(H,19,20)(H2,17,18,21). The summed E-state index contributed by atoms with van der Waals surface area (Å²) >= 11 is 0. The summed E-state index contributed by atoms with van der Waals surface area (Å²) in [4.78, 5) is 23.4. The number of carbonyl (C=O) groups excluding carboxylic acids is 1. The average Bonchev–Trinajstić information content (AvgIpc) is 2.81. The summed E-state index contributed by atoms with van der Waals surface area (Å²) in [5.41, 5.74) is -0.824. The van der Waals surface area contributed by atoms with Gasteiger partial charge in [-0.1, -0.05) is 32.6 Å². The van der Waals surface area contributed by atoms with E-state index in [0.29, 0.717) is 24.8 Å². The second-order valence-corrected chi connectivity index (χ2v) is 7.04. The molecule has 0 aromatic carbocycles. The van der Waals surface area contributed by atoms with Gasteiger partial charge in [0.05, 0.1) is 5.41 Å². The van der Waals surface area contributed by atoms with Gasteiger partial charge in [-0.25, -0.2) is 4.79 Å². The van der Waals surface area contributed by atoms with E-state index in [1.807, 2.05) is 0 Å². The lowest BCUT2D eigenvalue weighted by atomic mass is 9.80. The molecule has 0 aliphatic heterocycles. The van der Waals surface area contributed by atoms with Crippen LogP contribution in [-0.2, 0) is 4.79 Å². The van der Waals surface area contributed by atoms with E-state index < -0.39 is 11.4 Å². The number of carboxylic acid groups (broad SMARTS) is 1. The maximum Gasteiger partial charge on any atom is 0.315 e. The number of nitrogens with one attached hydrogen (secondary N) is 2. The monoisotopic (exact) mass is 296 g/mol. The highest BCUT2D eigenvalue weighted by Crippen LogP contribution is 2.38. The van der Waals surface area contributed by atoms with Gasteiger partial charge in [0.1, 0.15) is 0 Å². The van der Waals surface area contributed by atoms with Gasteiger partial charge < -0.3 is 15.7 Å². The highest BCUT2D eigenvalue weighted by Gasteiger charge is 2.45. The van der Waals surface area contributed by atoms with Crippen molar-refractivity contribution in [3.63, 3.8) is 0 Å². The van der Waals surface area contributed by atoms with Crippen LogP contribution in [0, 0.1) is 17.3 Å². The van der Waals surface area contributed by atoms with Crippen LogP contribution in [0.2, 0.25) is 0 Å².